The first-order valence-electron chi connectivity index (χ1n) is 9.01. The Morgan fingerprint density at radius 3 is 2.17 bits per heavy atom. The van der Waals surface area contributed by atoms with Crippen molar-refractivity contribution in [2.45, 2.75) is 20.1 Å². The molecule has 0 bridgehead atoms. The third-order valence-electron chi connectivity index (χ3n) is 4.20. The van der Waals surface area contributed by atoms with Crippen LogP contribution in [0.2, 0.25) is 15.1 Å². The zero-order valence-corrected chi connectivity index (χ0v) is 18.0. The van der Waals surface area contributed by atoms with Crippen LogP contribution in [0.15, 0.2) is 54.6 Å². The van der Waals surface area contributed by atoms with Crippen LogP contribution in [0.4, 0.5) is 5.69 Å². The topological polar surface area (TPSA) is 50.7 Å². The maximum atomic E-state index is 9.38. The van der Waals surface area contributed by atoms with Crippen molar-refractivity contribution < 1.29 is 14.6 Å². The molecule has 0 saturated heterocycles. The zero-order valence-electron chi connectivity index (χ0n) is 15.7. The average Bonchev–Trinajstić information content (AvgIpc) is 2.69. The molecule has 4 nitrogen and oxygen atoms in total. The number of phenols is 1. The van der Waals surface area contributed by atoms with Crippen molar-refractivity contribution in [1.82, 2.24) is 0 Å². The highest BCUT2D eigenvalue weighted by Gasteiger charge is 2.13. The molecular formula is C22H20Cl3NO3. The van der Waals surface area contributed by atoms with E-state index in [9.17, 15) is 5.11 Å². The van der Waals surface area contributed by atoms with E-state index in [0.717, 1.165) is 11.3 Å². The highest BCUT2D eigenvalue weighted by Crippen LogP contribution is 2.35. The van der Waals surface area contributed by atoms with Crippen LogP contribution >= 0.6 is 34.8 Å². The smallest absolute Gasteiger partial charge is 0.163 e. The van der Waals surface area contributed by atoms with Gasteiger partial charge in [0.1, 0.15) is 12.4 Å². The second kappa shape index (κ2) is 9.97. The summed E-state index contributed by atoms with van der Waals surface area (Å²) < 4.78 is 11.7. The van der Waals surface area contributed by atoms with Gasteiger partial charge in [0.15, 0.2) is 11.5 Å². The molecular weight excluding hydrogens is 433 g/mol. The van der Waals surface area contributed by atoms with Crippen LogP contribution in [0.25, 0.3) is 0 Å². The molecule has 3 rings (SSSR count). The Hall–Kier alpha value is -2.27. The predicted molar refractivity (Wildman–Crippen MR) is 119 cm³/mol. The van der Waals surface area contributed by atoms with Crippen molar-refractivity contribution in [3.05, 3.63) is 80.8 Å². The molecule has 0 spiro atoms. The van der Waals surface area contributed by atoms with Gasteiger partial charge in [-0.2, -0.15) is 0 Å². The van der Waals surface area contributed by atoms with Crippen LogP contribution < -0.4 is 14.8 Å². The number of hydrogen-bond acceptors (Lipinski definition) is 4. The van der Waals surface area contributed by atoms with Gasteiger partial charge in [0.05, 0.1) is 6.61 Å². The minimum atomic E-state index is 0.194. The Kier molecular flexibility index (Phi) is 7.37. The standard InChI is InChI=1S/C22H20Cl3NO3/c1-2-28-21-10-14(12-26-15-6-8-16(27)9-7-15)20(25)11-22(21)29-13-17-18(23)4-3-5-19(17)24/h3-11,26-27H,2,12-13H2,1H3. The van der Waals surface area contributed by atoms with Gasteiger partial charge >= 0.3 is 0 Å². The number of aromatic hydroxyl groups is 1. The van der Waals surface area contributed by atoms with Crippen LogP contribution in [0, 0.1) is 0 Å². The Morgan fingerprint density at radius 1 is 0.862 bits per heavy atom. The predicted octanol–water partition coefficient (Wildman–Crippen LogP) is 6.94. The molecule has 7 heteroatoms. The van der Waals surface area contributed by atoms with E-state index in [0.29, 0.717) is 45.3 Å². The molecule has 0 aliphatic heterocycles. The van der Waals surface area contributed by atoms with Crippen LogP contribution in [0.3, 0.4) is 0 Å². The van der Waals surface area contributed by atoms with Gasteiger partial charge in [-0.3, -0.25) is 0 Å². The van der Waals surface area contributed by atoms with Gasteiger partial charge in [0.25, 0.3) is 0 Å². The lowest BCUT2D eigenvalue weighted by molar-refractivity contribution is 0.269. The summed E-state index contributed by atoms with van der Waals surface area (Å²) >= 11 is 18.9. The van der Waals surface area contributed by atoms with Gasteiger partial charge in [-0.1, -0.05) is 40.9 Å². The van der Waals surface area contributed by atoms with Gasteiger partial charge in [-0.15, -0.1) is 0 Å². The number of ether oxygens (including phenoxy) is 2. The second-order valence-electron chi connectivity index (χ2n) is 6.21. The van der Waals surface area contributed by atoms with Gasteiger partial charge in [-0.05, 0) is 55.0 Å². The molecule has 0 unspecified atom stereocenters. The number of anilines is 1. The van der Waals surface area contributed by atoms with Gasteiger partial charge in [0.2, 0.25) is 0 Å². The Labute approximate surface area is 184 Å². The molecule has 152 valence electrons. The van der Waals surface area contributed by atoms with Crippen LogP contribution in [0.1, 0.15) is 18.1 Å². The summed E-state index contributed by atoms with van der Waals surface area (Å²) in [4.78, 5) is 0. The Balaban J connectivity index is 1.77. The van der Waals surface area contributed by atoms with E-state index in [2.05, 4.69) is 5.32 Å². The van der Waals surface area contributed by atoms with Crippen molar-refractivity contribution in [3.63, 3.8) is 0 Å². The van der Waals surface area contributed by atoms with Crippen molar-refractivity contribution in [2.24, 2.45) is 0 Å². The lowest BCUT2D eigenvalue weighted by atomic mass is 10.2. The molecule has 0 aromatic heterocycles. The average molecular weight is 453 g/mol. The van der Waals surface area contributed by atoms with E-state index in [1.54, 1.807) is 48.5 Å². The van der Waals surface area contributed by atoms with Gasteiger partial charge < -0.3 is 19.9 Å². The first kappa shape index (κ1) is 21.4. The number of halogens is 3. The van der Waals surface area contributed by atoms with E-state index < -0.39 is 0 Å². The molecule has 3 aromatic rings. The molecule has 0 heterocycles. The van der Waals surface area contributed by atoms with Gasteiger partial charge in [0, 0.05) is 38.9 Å². The molecule has 0 radical (unpaired) electrons. The number of phenolic OH excluding ortho intramolecular Hbond substituents is 1. The summed E-state index contributed by atoms with van der Waals surface area (Å²) in [5.41, 5.74) is 2.42. The normalized spacial score (nSPS) is 10.6. The van der Waals surface area contributed by atoms with Crippen LogP contribution in [-0.4, -0.2) is 11.7 Å². The first-order valence-corrected chi connectivity index (χ1v) is 10.1. The van der Waals surface area contributed by atoms with E-state index in [1.165, 1.54) is 0 Å². The fourth-order valence-electron chi connectivity index (χ4n) is 2.69. The molecule has 0 amide bonds. The summed E-state index contributed by atoms with van der Waals surface area (Å²) in [5, 5.41) is 14.3. The summed E-state index contributed by atoms with van der Waals surface area (Å²) in [6, 6.07) is 15.7. The second-order valence-corrected chi connectivity index (χ2v) is 7.43. The van der Waals surface area contributed by atoms with Crippen molar-refractivity contribution >= 4 is 40.5 Å². The molecule has 0 aliphatic rings. The van der Waals surface area contributed by atoms with Crippen LogP contribution in [-0.2, 0) is 13.2 Å². The highest BCUT2D eigenvalue weighted by atomic mass is 35.5. The third-order valence-corrected chi connectivity index (χ3v) is 5.26. The molecule has 29 heavy (non-hydrogen) atoms. The monoisotopic (exact) mass is 451 g/mol. The molecule has 0 aliphatic carbocycles. The van der Waals surface area contributed by atoms with Gasteiger partial charge in [-0.25, -0.2) is 0 Å². The summed E-state index contributed by atoms with van der Waals surface area (Å²) in [6.45, 7) is 3.06. The number of benzene rings is 3. The maximum absolute atomic E-state index is 9.38. The summed E-state index contributed by atoms with van der Waals surface area (Å²) in [5.74, 6) is 1.32. The van der Waals surface area contributed by atoms with Crippen molar-refractivity contribution in [2.75, 3.05) is 11.9 Å². The molecule has 3 aromatic carbocycles. The molecule has 0 atom stereocenters. The molecule has 0 fully saturated rings. The maximum Gasteiger partial charge on any atom is 0.163 e. The van der Waals surface area contributed by atoms with E-state index in [1.807, 2.05) is 13.0 Å². The highest BCUT2D eigenvalue weighted by molar-refractivity contribution is 6.36. The lowest BCUT2D eigenvalue weighted by Gasteiger charge is -2.16. The van der Waals surface area contributed by atoms with Crippen molar-refractivity contribution in [3.8, 4) is 17.2 Å². The molecule has 0 saturated carbocycles. The van der Waals surface area contributed by atoms with E-state index in [4.69, 9.17) is 44.3 Å². The Bertz CT molecular complexity index is 958. The number of rotatable bonds is 8. The van der Waals surface area contributed by atoms with E-state index >= 15 is 0 Å². The van der Waals surface area contributed by atoms with Crippen molar-refractivity contribution in [1.29, 1.82) is 0 Å². The Morgan fingerprint density at radius 2 is 1.52 bits per heavy atom. The number of nitrogens with one attached hydrogen (secondary N) is 1. The number of hydrogen-bond donors (Lipinski definition) is 2. The SMILES string of the molecule is CCOc1cc(CNc2ccc(O)cc2)c(Cl)cc1OCc1c(Cl)cccc1Cl. The fourth-order valence-corrected chi connectivity index (χ4v) is 3.42. The largest absolute Gasteiger partial charge is 0.508 e. The fraction of sp³-hybridized carbons (Fsp3) is 0.182. The van der Waals surface area contributed by atoms with E-state index in [-0.39, 0.29) is 12.4 Å². The first-order chi connectivity index (χ1) is 14.0. The third kappa shape index (κ3) is 5.63. The lowest BCUT2D eigenvalue weighted by Crippen LogP contribution is -2.04. The molecule has 2 N–H and O–H groups in total. The zero-order chi connectivity index (χ0) is 20.8. The van der Waals surface area contributed by atoms with Crippen LogP contribution in [0.5, 0.6) is 17.2 Å². The minimum Gasteiger partial charge on any atom is -0.508 e. The summed E-state index contributed by atoms with van der Waals surface area (Å²) in [6.07, 6.45) is 0. The minimum absolute atomic E-state index is 0.194. The quantitative estimate of drug-likeness (QED) is 0.363. The summed E-state index contributed by atoms with van der Waals surface area (Å²) in [7, 11) is 0.